The van der Waals surface area contributed by atoms with E-state index in [1.54, 1.807) is 12.1 Å². The Hall–Kier alpha value is -2.14. The van der Waals surface area contributed by atoms with Gasteiger partial charge in [-0.25, -0.2) is 4.79 Å². The van der Waals surface area contributed by atoms with Crippen LogP contribution >= 0.6 is 0 Å². The van der Waals surface area contributed by atoms with Gasteiger partial charge in [-0.15, -0.1) is 0 Å². The quantitative estimate of drug-likeness (QED) is 0.819. The number of hydrogen-bond donors (Lipinski definition) is 2. The Balaban J connectivity index is 2.13. The number of aryl methyl sites for hydroxylation is 1. The molecule has 20 heavy (non-hydrogen) atoms. The molecule has 1 aliphatic heterocycles. The fourth-order valence-corrected chi connectivity index (χ4v) is 2.04. The molecule has 5 nitrogen and oxygen atoms in total. The SMILES string of the molecule is Cc1ccc(C(=O)NC2CCOC2)cc1/C=C/C(=O)O. The highest BCUT2D eigenvalue weighted by molar-refractivity contribution is 5.95. The standard InChI is InChI=1S/C15H17NO4/c1-10-2-3-12(8-11(10)4-5-14(17)18)15(19)16-13-6-7-20-9-13/h2-5,8,13H,6-7,9H2,1H3,(H,16,19)(H,17,18)/b5-4+. The summed E-state index contributed by atoms with van der Waals surface area (Å²) in [7, 11) is 0. The van der Waals surface area contributed by atoms with E-state index in [2.05, 4.69) is 5.32 Å². The van der Waals surface area contributed by atoms with Gasteiger partial charge in [-0.1, -0.05) is 6.07 Å². The van der Waals surface area contributed by atoms with Crippen LogP contribution in [-0.4, -0.2) is 36.2 Å². The second kappa shape index (κ2) is 6.34. The average Bonchev–Trinajstić information content (AvgIpc) is 2.90. The Kier molecular flexibility index (Phi) is 4.53. The number of rotatable bonds is 4. The largest absolute Gasteiger partial charge is 0.478 e. The van der Waals surface area contributed by atoms with Crippen LogP contribution in [0.5, 0.6) is 0 Å². The van der Waals surface area contributed by atoms with Gasteiger partial charge >= 0.3 is 5.97 Å². The van der Waals surface area contributed by atoms with Crippen LogP contribution in [0.1, 0.15) is 27.9 Å². The number of aliphatic carboxylic acids is 1. The number of amides is 1. The van der Waals surface area contributed by atoms with Crippen molar-refractivity contribution in [2.24, 2.45) is 0 Å². The van der Waals surface area contributed by atoms with Gasteiger partial charge in [0, 0.05) is 18.2 Å². The van der Waals surface area contributed by atoms with Crippen LogP contribution in [0.3, 0.4) is 0 Å². The van der Waals surface area contributed by atoms with Crippen LogP contribution in [-0.2, 0) is 9.53 Å². The third-order valence-corrected chi connectivity index (χ3v) is 3.21. The molecule has 1 saturated heterocycles. The minimum Gasteiger partial charge on any atom is -0.478 e. The van der Waals surface area contributed by atoms with Gasteiger partial charge in [0.1, 0.15) is 0 Å². The molecule has 1 aromatic carbocycles. The summed E-state index contributed by atoms with van der Waals surface area (Å²) in [5.41, 5.74) is 2.17. The Morgan fingerprint density at radius 2 is 2.25 bits per heavy atom. The smallest absolute Gasteiger partial charge is 0.328 e. The van der Waals surface area contributed by atoms with Crippen LogP contribution < -0.4 is 5.32 Å². The molecule has 0 spiro atoms. The monoisotopic (exact) mass is 275 g/mol. The van der Waals surface area contributed by atoms with Crippen LogP contribution in [0.4, 0.5) is 0 Å². The maximum absolute atomic E-state index is 12.1. The van der Waals surface area contributed by atoms with Crippen LogP contribution in [0.15, 0.2) is 24.3 Å². The van der Waals surface area contributed by atoms with E-state index in [1.807, 2.05) is 13.0 Å². The van der Waals surface area contributed by atoms with Gasteiger partial charge in [-0.3, -0.25) is 4.79 Å². The Morgan fingerprint density at radius 3 is 2.90 bits per heavy atom. The van der Waals surface area contributed by atoms with Crippen LogP contribution in [0.25, 0.3) is 6.08 Å². The Bertz CT molecular complexity index is 545. The van der Waals surface area contributed by atoms with Gasteiger partial charge in [0.05, 0.1) is 12.6 Å². The third kappa shape index (κ3) is 3.68. The lowest BCUT2D eigenvalue weighted by atomic mass is 10.0. The van der Waals surface area contributed by atoms with E-state index in [0.717, 1.165) is 23.6 Å². The molecular formula is C15H17NO4. The summed E-state index contributed by atoms with van der Waals surface area (Å²) in [5, 5.41) is 11.6. The number of hydrogen-bond acceptors (Lipinski definition) is 3. The van der Waals surface area contributed by atoms with E-state index in [1.165, 1.54) is 6.08 Å². The van der Waals surface area contributed by atoms with E-state index in [4.69, 9.17) is 9.84 Å². The van der Waals surface area contributed by atoms with Crippen molar-refractivity contribution < 1.29 is 19.4 Å². The first-order valence-electron chi connectivity index (χ1n) is 6.46. The van der Waals surface area contributed by atoms with Gasteiger partial charge in [0.2, 0.25) is 0 Å². The van der Waals surface area contributed by atoms with Crippen LogP contribution in [0, 0.1) is 6.92 Å². The first-order chi connectivity index (χ1) is 9.56. The fourth-order valence-electron chi connectivity index (χ4n) is 2.04. The van der Waals surface area contributed by atoms with Gasteiger partial charge in [0.15, 0.2) is 0 Å². The summed E-state index contributed by atoms with van der Waals surface area (Å²) in [6, 6.07) is 5.29. The molecule has 1 atom stereocenters. The summed E-state index contributed by atoms with van der Waals surface area (Å²) >= 11 is 0. The van der Waals surface area contributed by atoms with Crippen molar-refractivity contribution in [2.45, 2.75) is 19.4 Å². The van der Waals surface area contributed by atoms with Crippen molar-refractivity contribution in [1.82, 2.24) is 5.32 Å². The summed E-state index contributed by atoms with van der Waals surface area (Å²) in [6.07, 6.45) is 3.38. The second-order valence-corrected chi connectivity index (χ2v) is 4.78. The second-order valence-electron chi connectivity index (χ2n) is 4.78. The molecule has 0 aliphatic carbocycles. The zero-order valence-corrected chi connectivity index (χ0v) is 11.3. The predicted molar refractivity (Wildman–Crippen MR) is 74.5 cm³/mol. The molecule has 1 unspecified atom stereocenters. The summed E-state index contributed by atoms with van der Waals surface area (Å²) in [6.45, 7) is 3.09. The lowest BCUT2D eigenvalue weighted by molar-refractivity contribution is -0.131. The van der Waals surface area contributed by atoms with Crippen molar-refractivity contribution in [3.05, 3.63) is 41.0 Å². The molecule has 2 rings (SSSR count). The van der Waals surface area contributed by atoms with Gasteiger partial charge in [-0.05, 0) is 42.7 Å². The normalized spacial score (nSPS) is 18.4. The molecule has 106 valence electrons. The minimum atomic E-state index is -1.01. The third-order valence-electron chi connectivity index (χ3n) is 3.21. The Labute approximate surface area is 117 Å². The lowest BCUT2D eigenvalue weighted by Gasteiger charge is -2.11. The minimum absolute atomic E-state index is 0.0572. The zero-order chi connectivity index (χ0) is 14.5. The van der Waals surface area contributed by atoms with Gasteiger partial charge in [-0.2, -0.15) is 0 Å². The summed E-state index contributed by atoms with van der Waals surface area (Å²) in [5.74, 6) is -1.17. The van der Waals surface area contributed by atoms with Gasteiger partial charge < -0.3 is 15.2 Å². The van der Waals surface area contributed by atoms with Crippen molar-refractivity contribution in [3.8, 4) is 0 Å². The topological polar surface area (TPSA) is 75.6 Å². The molecule has 1 aliphatic rings. The number of carboxylic acid groups (broad SMARTS) is 1. The fraction of sp³-hybridized carbons (Fsp3) is 0.333. The van der Waals surface area contributed by atoms with Crippen LogP contribution in [0.2, 0.25) is 0 Å². The van der Waals surface area contributed by atoms with E-state index in [-0.39, 0.29) is 11.9 Å². The molecule has 0 saturated carbocycles. The molecule has 1 amide bonds. The molecular weight excluding hydrogens is 258 g/mol. The average molecular weight is 275 g/mol. The zero-order valence-electron chi connectivity index (χ0n) is 11.3. The molecule has 1 aromatic rings. The molecule has 2 N–H and O–H groups in total. The highest BCUT2D eigenvalue weighted by Gasteiger charge is 2.18. The van der Waals surface area contributed by atoms with E-state index < -0.39 is 5.97 Å². The lowest BCUT2D eigenvalue weighted by Crippen LogP contribution is -2.35. The number of carbonyl (C=O) groups excluding carboxylic acids is 1. The first kappa shape index (κ1) is 14.3. The van der Waals surface area contributed by atoms with Gasteiger partial charge in [0.25, 0.3) is 5.91 Å². The first-order valence-corrected chi connectivity index (χ1v) is 6.46. The molecule has 0 bridgehead atoms. The molecule has 1 heterocycles. The maximum Gasteiger partial charge on any atom is 0.328 e. The summed E-state index contributed by atoms with van der Waals surface area (Å²) < 4.78 is 5.21. The van der Waals surface area contributed by atoms with Crippen molar-refractivity contribution in [3.63, 3.8) is 0 Å². The highest BCUT2D eigenvalue weighted by Crippen LogP contribution is 2.14. The molecule has 1 fully saturated rings. The van der Waals surface area contributed by atoms with Crippen molar-refractivity contribution in [2.75, 3.05) is 13.2 Å². The predicted octanol–water partition coefficient (Wildman–Crippen LogP) is 1.61. The number of nitrogens with one attached hydrogen (secondary N) is 1. The number of carboxylic acids is 1. The Morgan fingerprint density at radius 1 is 1.45 bits per heavy atom. The van der Waals surface area contributed by atoms with E-state index in [0.29, 0.717) is 18.8 Å². The number of ether oxygens (including phenoxy) is 1. The molecule has 5 heteroatoms. The van der Waals surface area contributed by atoms with E-state index >= 15 is 0 Å². The molecule has 0 radical (unpaired) electrons. The highest BCUT2D eigenvalue weighted by atomic mass is 16.5. The number of benzene rings is 1. The molecule has 0 aromatic heterocycles. The van der Waals surface area contributed by atoms with Crippen molar-refractivity contribution in [1.29, 1.82) is 0 Å². The maximum atomic E-state index is 12.1. The number of carbonyl (C=O) groups is 2. The van der Waals surface area contributed by atoms with Crippen molar-refractivity contribution >= 4 is 18.0 Å². The summed E-state index contributed by atoms with van der Waals surface area (Å²) in [4.78, 5) is 22.6. The van der Waals surface area contributed by atoms with E-state index in [9.17, 15) is 9.59 Å².